The van der Waals surface area contributed by atoms with Crippen molar-refractivity contribution < 1.29 is 29.6 Å². The summed E-state index contributed by atoms with van der Waals surface area (Å²) in [5.74, 6) is -1.23. The van der Waals surface area contributed by atoms with Crippen LogP contribution in [0.15, 0.2) is 0 Å². The summed E-state index contributed by atoms with van der Waals surface area (Å²) in [7, 11) is 0. The summed E-state index contributed by atoms with van der Waals surface area (Å²) in [6, 6.07) is 0. The molecule has 0 saturated carbocycles. The number of carbonyl (C=O) groups excluding carboxylic acids is 2. The van der Waals surface area contributed by atoms with Crippen molar-refractivity contribution in [1.82, 2.24) is 4.90 Å². The quantitative estimate of drug-likeness (QED) is 0.355. The fraction of sp³-hybridized carbons (Fsp3) is 0.778. The van der Waals surface area contributed by atoms with Gasteiger partial charge in [-0.2, -0.15) is 0 Å². The summed E-state index contributed by atoms with van der Waals surface area (Å²) in [6.07, 6.45) is -2.10. The van der Waals surface area contributed by atoms with Crippen LogP contribution in [0, 0.1) is 0 Å². The van der Waals surface area contributed by atoms with Crippen LogP contribution in [-0.2, 0) is 14.3 Å². The molecule has 2 atom stereocenters. The summed E-state index contributed by atoms with van der Waals surface area (Å²) in [5, 5.41) is 27.0. The van der Waals surface area contributed by atoms with Gasteiger partial charge in [0.1, 0.15) is 6.10 Å². The second-order valence-electron chi connectivity index (χ2n) is 3.66. The van der Waals surface area contributed by atoms with Gasteiger partial charge in [0.15, 0.2) is 0 Å². The van der Waals surface area contributed by atoms with Gasteiger partial charge in [-0.05, 0) is 6.42 Å². The van der Waals surface area contributed by atoms with Crippen molar-refractivity contribution in [1.29, 1.82) is 0 Å². The number of esters is 2. The van der Waals surface area contributed by atoms with E-state index < -0.39 is 30.8 Å². The second kappa shape index (κ2) is 5.90. The Labute approximate surface area is 92.2 Å². The molecule has 1 aliphatic heterocycles. The van der Waals surface area contributed by atoms with E-state index in [2.05, 4.69) is 4.74 Å². The number of hydrogen-bond acceptors (Lipinski definition) is 7. The second-order valence-corrected chi connectivity index (χ2v) is 3.66. The molecule has 3 N–H and O–H groups in total. The molecule has 0 radical (unpaired) electrons. The fourth-order valence-electron chi connectivity index (χ4n) is 1.40. The summed E-state index contributed by atoms with van der Waals surface area (Å²) in [6.45, 7) is -0.261. The number of aliphatic hydroxyl groups excluding tert-OH is 3. The van der Waals surface area contributed by atoms with Crippen LogP contribution in [0.3, 0.4) is 0 Å². The number of rotatable bonds is 5. The first kappa shape index (κ1) is 13.0. The molecule has 92 valence electrons. The Hall–Kier alpha value is -1.02. The molecule has 1 rings (SSSR count). The number of aliphatic hydroxyl groups is 3. The molecule has 0 aromatic heterocycles. The highest BCUT2D eigenvalue weighted by molar-refractivity contribution is 5.90. The SMILES string of the molecule is O=C1CN(CCC(O)C(O)CO)CC(=O)O1. The van der Waals surface area contributed by atoms with Crippen LogP contribution in [0.5, 0.6) is 0 Å². The summed E-state index contributed by atoms with van der Waals surface area (Å²) >= 11 is 0. The minimum Gasteiger partial charge on any atom is -0.394 e. The number of ether oxygens (including phenoxy) is 1. The highest BCUT2D eigenvalue weighted by Crippen LogP contribution is 2.05. The third-order valence-corrected chi connectivity index (χ3v) is 2.31. The molecule has 2 unspecified atom stereocenters. The predicted octanol–water partition coefficient (Wildman–Crippen LogP) is -2.52. The molecular formula is C9H15NO6. The zero-order chi connectivity index (χ0) is 12.1. The van der Waals surface area contributed by atoms with E-state index in [-0.39, 0.29) is 26.1 Å². The standard InChI is InChI=1S/C9H15NO6/c11-5-7(13)6(12)1-2-10-3-8(14)16-9(15)4-10/h6-7,11-13H,1-5H2. The van der Waals surface area contributed by atoms with E-state index in [1.807, 2.05) is 0 Å². The maximum atomic E-state index is 10.9. The fourth-order valence-corrected chi connectivity index (χ4v) is 1.40. The molecule has 1 aliphatic rings. The van der Waals surface area contributed by atoms with E-state index in [0.717, 1.165) is 0 Å². The van der Waals surface area contributed by atoms with Gasteiger partial charge in [0.05, 0.1) is 25.8 Å². The minimum absolute atomic E-state index is 0.00627. The van der Waals surface area contributed by atoms with Crippen molar-refractivity contribution in [3.05, 3.63) is 0 Å². The first-order chi connectivity index (χ1) is 7.52. The van der Waals surface area contributed by atoms with Gasteiger partial charge in [-0.25, -0.2) is 0 Å². The highest BCUT2D eigenvalue weighted by atomic mass is 16.6. The highest BCUT2D eigenvalue weighted by Gasteiger charge is 2.25. The lowest BCUT2D eigenvalue weighted by Crippen LogP contribution is -2.44. The van der Waals surface area contributed by atoms with Gasteiger partial charge in [-0.1, -0.05) is 0 Å². The third-order valence-electron chi connectivity index (χ3n) is 2.31. The molecule has 0 aliphatic carbocycles. The van der Waals surface area contributed by atoms with Gasteiger partial charge in [-0.3, -0.25) is 14.5 Å². The Morgan fingerprint density at radius 3 is 2.25 bits per heavy atom. The van der Waals surface area contributed by atoms with Gasteiger partial charge in [0.25, 0.3) is 0 Å². The van der Waals surface area contributed by atoms with Crippen molar-refractivity contribution in [3.63, 3.8) is 0 Å². The Kier molecular flexibility index (Phi) is 4.81. The van der Waals surface area contributed by atoms with Crippen molar-refractivity contribution >= 4 is 11.9 Å². The zero-order valence-electron chi connectivity index (χ0n) is 8.70. The monoisotopic (exact) mass is 233 g/mol. The molecule has 7 heteroatoms. The van der Waals surface area contributed by atoms with Gasteiger partial charge in [0.2, 0.25) is 0 Å². The smallest absolute Gasteiger partial charge is 0.327 e. The Balaban J connectivity index is 2.32. The van der Waals surface area contributed by atoms with Gasteiger partial charge < -0.3 is 20.1 Å². The summed E-state index contributed by atoms with van der Waals surface area (Å²) in [4.78, 5) is 23.3. The molecular weight excluding hydrogens is 218 g/mol. The summed E-state index contributed by atoms with van der Waals surface area (Å²) in [5.41, 5.74) is 0. The molecule has 16 heavy (non-hydrogen) atoms. The van der Waals surface area contributed by atoms with E-state index >= 15 is 0 Å². The lowest BCUT2D eigenvalue weighted by Gasteiger charge is -2.25. The van der Waals surface area contributed by atoms with Gasteiger partial charge in [0, 0.05) is 6.54 Å². The van der Waals surface area contributed by atoms with Crippen LogP contribution < -0.4 is 0 Å². The summed E-state index contributed by atoms with van der Waals surface area (Å²) < 4.78 is 4.32. The largest absolute Gasteiger partial charge is 0.394 e. The molecule has 1 heterocycles. The Morgan fingerprint density at radius 2 is 1.75 bits per heavy atom. The number of hydrogen-bond donors (Lipinski definition) is 3. The number of nitrogens with zero attached hydrogens (tertiary/aromatic N) is 1. The van der Waals surface area contributed by atoms with Gasteiger partial charge in [-0.15, -0.1) is 0 Å². The number of morpholine rings is 1. The van der Waals surface area contributed by atoms with Crippen LogP contribution in [-0.4, -0.2) is 70.6 Å². The Bertz CT molecular complexity index is 253. The van der Waals surface area contributed by atoms with E-state index in [1.54, 1.807) is 0 Å². The van der Waals surface area contributed by atoms with Crippen molar-refractivity contribution in [2.45, 2.75) is 18.6 Å². The molecule has 1 saturated heterocycles. The molecule has 7 nitrogen and oxygen atoms in total. The van der Waals surface area contributed by atoms with Crippen molar-refractivity contribution in [2.75, 3.05) is 26.2 Å². The van der Waals surface area contributed by atoms with E-state index in [9.17, 15) is 14.7 Å². The molecule has 1 fully saturated rings. The van der Waals surface area contributed by atoms with Crippen molar-refractivity contribution in [2.24, 2.45) is 0 Å². The molecule has 0 spiro atoms. The van der Waals surface area contributed by atoms with Crippen LogP contribution in [0.25, 0.3) is 0 Å². The van der Waals surface area contributed by atoms with Gasteiger partial charge >= 0.3 is 11.9 Å². The molecule has 0 aromatic rings. The third kappa shape index (κ3) is 3.86. The lowest BCUT2D eigenvalue weighted by atomic mass is 10.1. The van der Waals surface area contributed by atoms with Crippen LogP contribution in [0.4, 0.5) is 0 Å². The maximum Gasteiger partial charge on any atom is 0.327 e. The normalized spacial score (nSPS) is 21.7. The molecule has 0 aromatic carbocycles. The zero-order valence-corrected chi connectivity index (χ0v) is 8.70. The molecule has 0 bridgehead atoms. The maximum absolute atomic E-state index is 10.9. The molecule has 0 amide bonds. The van der Waals surface area contributed by atoms with E-state index in [4.69, 9.17) is 10.2 Å². The Morgan fingerprint density at radius 1 is 1.19 bits per heavy atom. The lowest BCUT2D eigenvalue weighted by molar-refractivity contribution is -0.167. The average Bonchev–Trinajstić information content (AvgIpc) is 2.23. The first-order valence-electron chi connectivity index (χ1n) is 4.95. The van der Waals surface area contributed by atoms with Crippen LogP contribution in [0.2, 0.25) is 0 Å². The first-order valence-corrected chi connectivity index (χ1v) is 4.95. The minimum atomic E-state index is -1.20. The average molecular weight is 233 g/mol. The number of carbonyl (C=O) groups is 2. The number of cyclic esters (lactones) is 2. The predicted molar refractivity (Wildman–Crippen MR) is 51.3 cm³/mol. The van der Waals surface area contributed by atoms with E-state index in [0.29, 0.717) is 0 Å². The van der Waals surface area contributed by atoms with Crippen LogP contribution in [0.1, 0.15) is 6.42 Å². The van der Waals surface area contributed by atoms with Crippen LogP contribution >= 0.6 is 0 Å². The topological polar surface area (TPSA) is 107 Å². The van der Waals surface area contributed by atoms with Crippen molar-refractivity contribution in [3.8, 4) is 0 Å². The van der Waals surface area contributed by atoms with E-state index in [1.165, 1.54) is 4.90 Å².